The highest BCUT2D eigenvalue weighted by Gasteiger charge is 2.12. The van der Waals surface area contributed by atoms with Crippen molar-refractivity contribution in [1.82, 2.24) is 0 Å². The van der Waals surface area contributed by atoms with Crippen LogP contribution in [0, 0.1) is 18.6 Å². The summed E-state index contributed by atoms with van der Waals surface area (Å²) in [5, 5.41) is 0. The van der Waals surface area contributed by atoms with Gasteiger partial charge < -0.3 is 5.73 Å². The quantitative estimate of drug-likeness (QED) is 0.845. The number of hydrogen-bond acceptors (Lipinski definition) is 1. The predicted octanol–water partition coefficient (Wildman–Crippen LogP) is 3.40. The lowest BCUT2D eigenvalue weighted by Gasteiger charge is -2.07. The first-order chi connectivity index (χ1) is 8.13. The van der Waals surface area contributed by atoms with Crippen LogP contribution < -0.4 is 5.73 Å². The Morgan fingerprint density at radius 1 is 1.06 bits per heavy atom. The van der Waals surface area contributed by atoms with Gasteiger partial charge in [0.1, 0.15) is 0 Å². The summed E-state index contributed by atoms with van der Waals surface area (Å²) < 4.78 is 27.2. The third kappa shape index (κ3) is 2.19. The SMILES string of the molecule is Cc1ccc(-c2cccc(CN)c2)c(F)c1F. The van der Waals surface area contributed by atoms with Gasteiger partial charge in [-0.25, -0.2) is 8.78 Å². The molecule has 0 saturated carbocycles. The molecular weight excluding hydrogens is 220 g/mol. The normalized spacial score (nSPS) is 10.6. The Morgan fingerprint density at radius 3 is 2.53 bits per heavy atom. The van der Waals surface area contributed by atoms with Crippen LogP contribution in [0.25, 0.3) is 11.1 Å². The molecule has 17 heavy (non-hydrogen) atoms. The van der Waals surface area contributed by atoms with Crippen molar-refractivity contribution in [2.45, 2.75) is 13.5 Å². The number of nitrogens with two attached hydrogens (primary N) is 1. The largest absolute Gasteiger partial charge is 0.326 e. The lowest BCUT2D eigenvalue weighted by Crippen LogP contribution is -1.97. The van der Waals surface area contributed by atoms with Crippen LogP contribution in [0.4, 0.5) is 8.78 Å². The molecule has 2 N–H and O–H groups in total. The summed E-state index contributed by atoms with van der Waals surface area (Å²) >= 11 is 0. The highest BCUT2D eigenvalue weighted by atomic mass is 19.2. The first-order valence-corrected chi connectivity index (χ1v) is 5.37. The summed E-state index contributed by atoms with van der Waals surface area (Å²) in [7, 11) is 0. The molecule has 0 aliphatic carbocycles. The third-order valence-electron chi connectivity index (χ3n) is 2.75. The molecule has 0 radical (unpaired) electrons. The smallest absolute Gasteiger partial charge is 0.166 e. The van der Waals surface area contributed by atoms with E-state index in [0.717, 1.165) is 5.56 Å². The zero-order chi connectivity index (χ0) is 12.4. The molecule has 1 nitrogen and oxygen atoms in total. The fraction of sp³-hybridized carbons (Fsp3) is 0.143. The standard InChI is InChI=1S/C14H13F2N/c1-9-5-6-12(14(16)13(9)15)11-4-2-3-10(7-11)8-17/h2-7H,8,17H2,1H3. The van der Waals surface area contributed by atoms with Gasteiger partial charge >= 0.3 is 0 Å². The molecule has 0 spiro atoms. The maximum atomic E-state index is 13.8. The average molecular weight is 233 g/mol. The van der Waals surface area contributed by atoms with Gasteiger partial charge in [0, 0.05) is 12.1 Å². The maximum absolute atomic E-state index is 13.8. The van der Waals surface area contributed by atoms with E-state index in [2.05, 4.69) is 0 Å². The number of hydrogen-bond donors (Lipinski definition) is 1. The average Bonchev–Trinajstić information content (AvgIpc) is 2.36. The van der Waals surface area contributed by atoms with Crippen molar-refractivity contribution >= 4 is 0 Å². The Labute approximate surface area is 98.9 Å². The van der Waals surface area contributed by atoms with Gasteiger partial charge in [0.25, 0.3) is 0 Å². The predicted molar refractivity (Wildman–Crippen MR) is 64.4 cm³/mol. The van der Waals surface area contributed by atoms with Crippen LogP contribution in [0.1, 0.15) is 11.1 Å². The Balaban J connectivity index is 2.56. The molecule has 0 bridgehead atoms. The summed E-state index contributed by atoms with van der Waals surface area (Å²) in [4.78, 5) is 0. The molecule has 0 fully saturated rings. The van der Waals surface area contributed by atoms with Crippen LogP contribution in [0.5, 0.6) is 0 Å². The van der Waals surface area contributed by atoms with E-state index in [1.54, 1.807) is 37.3 Å². The van der Waals surface area contributed by atoms with E-state index in [9.17, 15) is 8.78 Å². The van der Waals surface area contributed by atoms with Gasteiger partial charge in [-0.2, -0.15) is 0 Å². The summed E-state index contributed by atoms with van der Waals surface area (Å²) in [5.74, 6) is -1.60. The molecule has 2 rings (SSSR count). The Hall–Kier alpha value is -1.74. The molecule has 2 aromatic rings. The fourth-order valence-electron chi connectivity index (χ4n) is 1.73. The lowest BCUT2D eigenvalue weighted by atomic mass is 10.0. The van der Waals surface area contributed by atoms with Crippen molar-refractivity contribution in [2.75, 3.05) is 0 Å². The van der Waals surface area contributed by atoms with Crippen LogP contribution in [0.3, 0.4) is 0 Å². The van der Waals surface area contributed by atoms with E-state index >= 15 is 0 Å². The second kappa shape index (κ2) is 4.63. The molecule has 0 aliphatic rings. The minimum Gasteiger partial charge on any atom is -0.326 e. The van der Waals surface area contributed by atoms with Crippen LogP contribution in [0.2, 0.25) is 0 Å². The maximum Gasteiger partial charge on any atom is 0.166 e. The second-order valence-electron chi connectivity index (χ2n) is 3.96. The molecule has 0 atom stereocenters. The molecule has 2 aromatic carbocycles. The Morgan fingerprint density at radius 2 is 1.82 bits per heavy atom. The third-order valence-corrected chi connectivity index (χ3v) is 2.75. The summed E-state index contributed by atoms with van der Waals surface area (Å²) in [6.07, 6.45) is 0. The minimum absolute atomic E-state index is 0.267. The number of rotatable bonds is 2. The zero-order valence-corrected chi connectivity index (χ0v) is 9.50. The van der Waals surface area contributed by atoms with Crippen LogP contribution in [-0.2, 0) is 6.54 Å². The van der Waals surface area contributed by atoms with Crippen LogP contribution >= 0.6 is 0 Å². The minimum atomic E-state index is -0.806. The van der Waals surface area contributed by atoms with Crippen molar-refractivity contribution in [2.24, 2.45) is 5.73 Å². The summed E-state index contributed by atoms with van der Waals surface area (Å²) in [6.45, 7) is 1.92. The molecule has 0 heterocycles. The van der Waals surface area contributed by atoms with Crippen molar-refractivity contribution in [3.8, 4) is 11.1 Å². The van der Waals surface area contributed by atoms with Gasteiger partial charge in [-0.15, -0.1) is 0 Å². The molecule has 0 saturated heterocycles. The number of benzene rings is 2. The van der Waals surface area contributed by atoms with E-state index in [-0.39, 0.29) is 5.56 Å². The molecule has 88 valence electrons. The van der Waals surface area contributed by atoms with Gasteiger partial charge in [-0.3, -0.25) is 0 Å². The lowest BCUT2D eigenvalue weighted by molar-refractivity contribution is 0.505. The van der Waals surface area contributed by atoms with Gasteiger partial charge in [-0.05, 0) is 29.7 Å². The van der Waals surface area contributed by atoms with Gasteiger partial charge in [0.15, 0.2) is 11.6 Å². The second-order valence-corrected chi connectivity index (χ2v) is 3.96. The first-order valence-electron chi connectivity index (χ1n) is 5.37. The van der Waals surface area contributed by atoms with E-state index < -0.39 is 11.6 Å². The Bertz CT molecular complexity index is 550. The summed E-state index contributed by atoms with van der Waals surface area (Å²) in [5.41, 5.74) is 7.63. The topological polar surface area (TPSA) is 26.0 Å². The fourth-order valence-corrected chi connectivity index (χ4v) is 1.73. The molecule has 0 aromatic heterocycles. The molecule has 0 amide bonds. The molecule has 0 unspecified atom stereocenters. The van der Waals surface area contributed by atoms with Gasteiger partial charge in [-0.1, -0.05) is 30.3 Å². The van der Waals surface area contributed by atoms with E-state index in [1.165, 1.54) is 0 Å². The van der Waals surface area contributed by atoms with Crippen molar-refractivity contribution < 1.29 is 8.78 Å². The first kappa shape index (κ1) is 11.7. The number of aryl methyl sites for hydroxylation is 1. The highest BCUT2D eigenvalue weighted by Crippen LogP contribution is 2.26. The molecule has 3 heteroatoms. The van der Waals surface area contributed by atoms with E-state index in [1.807, 2.05) is 6.07 Å². The monoisotopic (exact) mass is 233 g/mol. The van der Waals surface area contributed by atoms with E-state index in [0.29, 0.717) is 17.7 Å². The number of halogens is 2. The Kier molecular flexibility index (Phi) is 3.20. The highest BCUT2D eigenvalue weighted by molar-refractivity contribution is 5.65. The van der Waals surface area contributed by atoms with E-state index in [4.69, 9.17) is 5.73 Å². The van der Waals surface area contributed by atoms with Crippen molar-refractivity contribution in [1.29, 1.82) is 0 Å². The van der Waals surface area contributed by atoms with Gasteiger partial charge in [0.05, 0.1) is 0 Å². The van der Waals surface area contributed by atoms with Crippen LogP contribution in [-0.4, -0.2) is 0 Å². The molecular formula is C14H13F2N. The van der Waals surface area contributed by atoms with Crippen molar-refractivity contribution in [3.05, 3.63) is 59.2 Å². The van der Waals surface area contributed by atoms with Crippen molar-refractivity contribution in [3.63, 3.8) is 0 Å². The zero-order valence-electron chi connectivity index (χ0n) is 9.50. The van der Waals surface area contributed by atoms with Crippen LogP contribution in [0.15, 0.2) is 36.4 Å². The summed E-state index contributed by atoms with van der Waals surface area (Å²) in [6, 6.07) is 10.3. The molecule has 0 aliphatic heterocycles. The van der Waals surface area contributed by atoms with Gasteiger partial charge in [0.2, 0.25) is 0 Å².